The van der Waals surface area contributed by atoms with E-state index in [-0.39, 0.29) is 60.8 Å². The zero-order valence-corrected chi connectivity index (χ0v) is 26.7. The highest BCUT2D eigenvalue weighted by Crippen LogP contribution is 2.40. The number of halogens is 2. The quantitative estimate of drug-likeness (QED) is 0.0795. The first-order valence-corrected chi connectivity index (χ1v) is 15.7. The number of carbonyl (C=O) groups is 3. The van der Waals surface area contributed by atoms with E-state index in [4.69, 9.17) is 33.0 Å². The van der Waals surface area contributed by atoms with Gasteiger partial charge in [0.05, 0.1) is 34.7 Å². The zero-order chi connectivity index (χ0) is 32.3. The Morgan fingerprint density at radius 3 is 2.42 bits per heavy atom. The number of pyridine rings is 1. The molecule has 0 bridgehead atoms. The minimum Gasteiger partial charge on any atom is -0.506 e. The van der Waals surface area contributed by atoms with Crippen LogP contribution in [0.3, 0.4) is 0 Å². The van der Waals surface area contributed by atoms with Crippen LogP contribution in [0.5, 0.6) is 5.75 Å². The van der Waals surface area contributed by atoms with E-state index in [1.54, 1.807) is 66.9 Å². The molecule has 0 fully saturated rings. The number of hydrogen-bond acceptors (Lipinski definition) is 9. The number of aliphatic hydroxyl groups is 1. The number of aliphatic hydroxyl groups excluding tert-OH is 1. The molecule has 3 N–H and O–H groups in total. The number of aromatic nitrogens is 1. The molecule has 0 aliphatic heterocycles. The zero-order valence-electron chi connectivity index (χ0n) is 24.4. The minimum absolute atomic E-state index is 0.0381. The van der Waals surface area contributed by atoms with E-state index in [1.165, 1.54) is 17.4 Å². The van der Waals surface area contributed by atoms with Gasteiger partial charge in [0.1, 0.15) is 23.7 Å². The first kappa shape index (κ1) is 34.0. The Balaban J connectivity index is 1.31. The maximum Gasteiger partial charge on any atom is 0.251 e. The third-order valence-corrected chi connectivity index (χ3v) is 8.50. The monoisotopic (exact) mass is 667 g/mol. The van der Waals surface area contributed by atoms with Crippen LogP contribution in [0.4, 0.5) is 0 Å². The van der Waals surface area contributed by atoms with Crippen LogP contribution in [0, 0.1) is 0 Å². The molecular formula is C33H31Cl2N3O6S. The maximum atomic E-state index is 12.9. The second kappa shape index (κ2) is 16.4. The van der Waals surface area contributed by atoms with Gasteiger partial charge >= 0.3 is 0 Å². The van der Waals surface area contributed by atoms with Crippen LogP contribution in [0.2, 0.25) is 10.0 Å². The average Bonchev–Trinajstić information content (AvgIpc) is 3.44. The number of ether oxygens (including phenoxy) is 1. The molecule has 0 aliphatic rings. The Bertz CT molecular complexity index is 1710. The van der Waals surface area contributed by atoms with E-state index in [1.807, 2.05) is 0 Å². The van der Waals surface area contributed by atoms with Gasteiger partial charge in [-0.15, -0.1) is 11.3 Å². The molecule has 234 valence electrons. The van der Waals surface area contributed by atoms with E-state index in [2.05, 4.69) is 15.3 Å². The van der Waals surface area contributed by atoms with Crippen molar-refractivity contribution in [1.82, 2.24) is 10.3 Å². The molecule has 0 unspecified atom stereocenters. The first-order chi connectivity index (χ1) is 21.7. The maximum absolute atomic E-state index is 12.9. The third kappa shape index (κ3) is 9.29. The fourth-order valence-corrected chi connectivity index (χ4v) is 5.57. The molecular weight excluding hydrogens is 637 g/mol. The number of amides is 1. The van der Waals surface area contributed by atoms with Gasteiger partial charge in [0, 0.05) is 35.2 Å². The molecule has 0 atom stereocenters. The van der Waals surface area contributed by atoms with Crippen molar-refractivity contribution in [2.75, 3.05) is 32.9 Å². The summed E-state index contributed by atoms with van der Waals surface area (Å²) >= 11 is 13.5. The molecule has 4 aromatic rings. The van der Waals surface area contributed by atoms with Gasteiger partial charge in [0.25, 0.3) is 5.91 Å². The highest BCUT2D eigenvalue weighted by Gasteiger charge is 2.17. The van der Waals surface area contributed by atoms with Crippen LogP contribution in [0.15, 0.2) is 71.0 Å². The Morgan fingerprint density at radius 2 is 1.71 bits per heavy atom. The number of aryl methyl sites for hydroxylation is 1. The fraction of sp³-hybridized carbons (Fsp3) is 0.242. The number of nitrogens with one attached hydrogen (secondary N) is 1. The van der Waals surface area contributed by atoms with Crippen LogP contribution in [0.1, 0.15) is 55.8 Å². The summed E-state index contributed by atoms with van der Waals surface area (Å²) in [5, 5.41) is 24.8. The Morgan fingerprint density at radius 1 is 0.978 bits per heavy atom. The van der Waals surface area contributed by atoms with Crippen molar-refractivity contribution in [3.63, 3.8) is 0 Å². The van der Waals surface area contributed by atoms with Crippen LogP contribution in [-0.2, 0) is 11.2 Å². The summed E-state index contributed by atoms with van der Waals surface area (Å²) in [5.74, 6) is -0.781. The predicted octanol–water partition coefficient (Wildman–Crippen LogP) is 6.07. The van der Waals surface area contributed by atoms with E-state index >= 15 is 0 Å². The summed E-state index contributed by atoms with van der Waals surface area (Å²) in [7, 11) is 0. The summed E-state index contributed by atoms with van der Waals surface area (Å²) in [6.45, 7) is 2.29. The SMILES string of the molecule is CC(=NCC(=O)c1cccc(C(=O)CCc2ccc(C(=O)NCCOCCO)cc2)n1)c1csc(-c2ccc(Cl)c(Cl)c2)c1O. The number of benzene rings is 2. The lowest BCUT2D eigenvalue weighted by molar-refractivity contribution is 0.0837. The smallest absolute Gasteiger partial charge is 0.251 e. The van der Waals surface area contributed by atoms with Crippen LogP contribution in [0.25, 0.3) is 10.4 Å². The van der Waals surface area contributed by atoms with Crippen molar-refractivity contribution in [2.24, 2.45) is 4.99 Å². The number of thiophene rings is 1. The van der Waals surface area contributed by atoms with Crippen molar-refractivity contribution in [1.29, 1.82) is 0 Å². The largest absolute Gasteiger partial charge is 0.506 e. The molecule has 4 rings (SSSR count). The van der Waals surface area contributed by atoms with Crippen molar-refractivity contribution >= 4 is 57.7 Å². The van der Waals surface area contributed by atoms with Gasteiger partial charge in [-0.05, 0) is 60.9 Å². The predicted molar refractivity (Wildman–Crippen MR) is 176 cm³/mol. The standard InChI is InChI=1S/C33H31Cl2N3O6S/c1-20(24-19-45-32(31(24)42)23-10-11-25(34)26(35)17-23)37-18-30(41)28-4-2-3-27(38-28)29(40)12-7-21-5-8-22(9-6-21)33(43)36-13-15-44-16-14-39/h2-6,8-11,17,19,39,42H,7,12-16,18H2,1H3,(H,36,43). The van der Waals surface area contributed by atoms with Crippen molar-refractivity contribution in [3.05, 3.63) is 104 Å². The molecule has 1 amide bonds. The number of ketones is 2. The Kier molecular flexibility index (Phi) is 12.4. The van der Waals surface area contributed by atoms with Crippen LogP contribution < -0.4 is 5.32 Å². The lowest BCUT2D eigenvalue weighted by Crippen LogP contribution is -2.27. The van der Waals surface area contributed by atoms with E-state index in [0.29, 0.717) is 56.9 Å². The number of carbonyl (C=O) groups excluding carboxylic acids is 3. The fourth-order valence-electron chi connectivity index (χ4n) is 4.27. The second-order valence-corrected chi connectivity index (χ2v) is 11.6. The molecule has 9 nitrogen and oxygen atoms in total. The number of hydrogen-bond donors (Lipinski definition) is 3. The number of aliphatic imine (C=N–C) groups is 1. The van der Waals surface area contributed by atoms with Crippen molar-refractivity contribution in [2.45, 2.75) is 19.8 Å². The third-order valence-electron chi connectivity index (χ3n) is 6.74. The number of Topliss-reactive ketones (excluding diaryl/α,β-unsaturated/α-hetero) is 2. The molecule has 0 saturated carbocycles. The van der Waals surface area contributed by atoms with Crippen molar-refractivity contribution in [3.8, 4) is 16.2 Å². The molecule has 45 heavy (non-hydrogen) atoms. The molecule has 0 spiro atoms. The number of nitrogens with zero attached hydrogens (tertiary/aromatic N) is 2. The highest BCUT2D eigenvalue weighted by atomic mass is 35.5. The van der Waals surface area contributed by atoms with Gasteiger partial charge in [-0.2, -0.15) is 0 Å². The second-order valence-electron chi connectivity index (χ2n) is 9.90. The Labute approximate surface area is 274 Å². The molecule has 0 saturated heterocycles. The van der Waals surface area contributed by atoms with Crippen molar-refractivity contribution < 1.29 is 29.3 Å². The summed E-state index contributed by atoms with van der Waals surface area (Å²) in [4.78, 5) is 47.3. The van der Waals surface area contributed by atoms with Gasteiger partial charge in [-0.1, -0.05) is 47.5 Å². The summed E-state index contributed by atoms with van der Waals surface area (Å²) in [6.07, 6.45) is 0.613. The highest BCUT2D eigenvalue weighted by molar-refractivity contribution is 7.14. The number of aromatic hydroxyl groups is 1. The molecule has 12 heteroatoms. The van der Waals surface area contributed by atoms with E-state index < -0.39 is 0 Å². The van der Waals surface area contributed by atoms with Crippen LogP contribution >= 0.6 is 34.5 Å². The molecule has 2 aromatic heterocycles. The topological polar surface area (TPSA) is 138 Å². The minimum atomic E-state index is -0.364. The normalized spacial score (nSPS) is 11.4. The first-order valence-electron chi connectivity index (χ1n) is 14.0. The van der Waals surface area contributed by atoms with Gasteiger partial charge in [0.2, 0.25) is 5.78 Å². The molecule has 2 heterocycles. The average molecular weight is 669 g/mol. The lowest BCUT2D eigenvalue weighted by atomic mass is 10.0. The van der Waals surface area contributed by atoms with E-state index in [9.17, 15) is 19.5 Å². The van der Waals surface area contributed by atoms with Gasteiger partial charge in [-0.25, -0.2) is 4.98 Å². The van der Waals surface area contributed by atoms with Gasteiger partial charge in [-0.3, -0.25) is 19.4 Å². The molecule has 0 aliphatic carbocycles. The summed E-state index contributed by atoms with van der Waals surface area (Å²) in [5.41, 5.74) is 3.37. The van der Waals surface area contributed by atoms with E-state index in [0.717, 1.165) is 5.56 Å². The number of rotatable bonds is 15. The summed E-state index contributed by atoms with van der Waals surface area (Å²) < 4.78 is 5.12. The van der Waals surface area contributed by atoms with Crippen LogP contribution in [-0.4, -0.2) is 71.3 Å². The van der Waals surface area contributed by atoms with Gasteiger partial charge in [0.15, 0.2) is 5.78 Å². The Hall–Kier alpha value is -3.93. The molecule has 0 radical (unpaired) electrons. The molecule has 2 aromatic carbocycles. The lowest BCUT2D eigenvalue weighted by Gasteiger charge is -2.07. The van der Waals surface area contributed by atoms with Gasteiger partial charge < -0.3 is 20.3 Å². The summed E-state index contributed by atoms with van der Waals surface area (Å²) in [6, 6.07) is 16.8.